The van der Waals surface area contributed by atoms with Crippen LogP contribution in [0.4, 0.5) is 10.3 Å². The first kappa shape index (κ1) is 29.8. The van der Waals surface area contributed by atoms with Crippen molar-refractivity contribution in [1.82, 2.24) is 14.5 Å². The predicted molar refractivity (Wildman–Crippen MR) is 161 cm³/mol. The van der Waals surface area contributed by atoms with E-state index >= 15 is 0 Å². The van der Waals surface area contributed by atoms with Crippen LogP contribution in [0.3, 0.4) is 0 Å². The van der Waals surface area contributed by atoms with Crippen LogP contribution in [0, 0.1) is 5.82 Å². The number of amides is 1. The molecule has 218 valence electrons. The number of nitrogens with one attached hydrogen (secondary N) is 1. The van der Waals surface area contributed by atoms with Crippen molar-refractivity contribution >= 4 is 44.9 Å². The van der Waals surface area contributed by atoms with Crippen molar-refractivity contribution in [2.24, 2.45) is 0 Å². The van der Waals surface area contributed by atoms with Crippen molar-refractivity contribution in [2.45, 2.75) is 43.8 Å². The van der Waals surface area contributed by atoms with Crippen molar-refractivity contribution in [1.29, 1.82) is 0 Å². The predicted octanol–water partition coefficient (Wildman–Crippen LogP) is 5.84. The second-order valence-electron chi connectivity index (χ2n) is 10.4. The van der Waals surface area contributed by atoms with Crippen LogP contribution >= 0.6 is 23.2 Å². The Morgan fingerprint density at radius 3 is 2.29 bits per heavy atom. The smallest absolute Gasteiger partial charge is 0.263 e. The summed E-state index contributed by atoms with van der Waals surface area (Å²) >= 11 is 12.3. The SMILES string of the molecule is CC(C)Nc1nc2c(c(=O)n1-c1ccc(S(C)(=O)=O)cc1)C[C@H](c1ccc(F)cc1)N(C(=O)c1ccc(Cl)c(Cl)c1)C2. The van der Waals surface area contributed by atoms with Crippen LogP contribution in [0.2, 0.25) is 10.0 Å². The molecule has 0 aliphatic carbocycles. The largest absolute Gasteiger partial charge is 0.353 e. The molecule has 0 spiro atoms. The highest BCUT2D eigenvalue weighted by Crippen LogP contribution is 2.35. The maximum Gasteiger partial charge on any atom is 0.263 e. The molecule has 3 aromatic carbocycles. The van der Waals surface area contributed by atoms with E-state index in [1.807, 2.05) is 13.8 Å². The van der Waals surface area contributed by atoms with Gasteiger partial charge in [-0.15, -0.1) is 0 Å². The van der Waals surface area contributed by atoms with Crippen LogP contribution in [0.25, 0.3) is 5.69 Å². The molecule has 0 unspecified atom stereocenters. The van der Waals surface area contributed by atoms with Crippen molar-refractivity contribution in [3.63, 3.8) is 0 Å². The molecule has 1 aromatic heterocycles. The Hall–Kier alpha value is -3.73. The summed E-state index contributed by atoms with van der Waals surface area (Å²) in [6, 6.07) is 15.7. The van der Waals surface area contributed by atoms with Gasteiger partial charge in [-0.3, -0.25) is 9.59 Å². The lowest BCUT2D eigenvalue weighted by molar-refractivity contribution is 0.0632. The van der Waals surface area contributed by atoms with Gasteiger partial charge in [-0.25, -0.2) is 22.4 Å². The molecule has 5 rings (SSSR count). The fraction of sp³-hybridized carbons (Fsp3) is 0.233. The number of benzene rings is 3. The summed E-state index contributed by atoms with van der Waals surface area (Å²) in [5.74, 6) is -0.527. The normalized spacial score (nSPS) is 15.0. The van der Waals surface area contributed by atoms with Gasteiger partial charge in [0.25, 0.3) is 11.5 Å². The molecular weight excluding hydrogens is 602 g/mol. The molecule has 0 saturated heterocycles. The third kappa shape index (κ3) is 5.92. The summed E-state index contributed by atoms with van der Waals surface area (Å²) in [6.45, 7) is 3.80. The van der Waals surface area contributed by atoms with Gasteiger partial charge in [0.1, 0.15) is 5.82 Å². The highest BCUT2D eigenvalue weighted by molar-refractivity contribution is 7.90. The zero-order valence-electron chi connectivity index (χ0n) is 22.9. The van der Waals surface area contributed by atoms with E-state index in [0.29, 0.717) is 33.1 Å². The van der Waals surface area contributed by atoms with Gasteiger partial charge in [-0.2, -0.15) is 0 Å². The van der Waals surface area contributed by atoms with Crippen molar-refractivity contribution < 1.29 is 17.6 Å². The maximum absolute atomic E-state index is 14.1. The Kier molecular flexibility index (Phi) is 8.15. The van der Waals surface area contributed by atoms with E-state index in [1.54, 1.807) is 41.3 Å². The summed E-state index contributed by atoms with van der Waals surface area (Å²) in [6.07, 6.45) is 1.23. The standard InChI is InChI=1S/C30H27Cl2FN4O4S/c1-17(2)34-30-35-26-16-36(28(38)19-6-13-24(31)25(32)14-19)27(18-4-7-20(33)8-5-18)15-23(26)29(39)37(30)21-9-11-22(12-10-21)42(3,40)41/h4-14,17,27H,15-16H2,1-3H3,(H,34,35)/t27-/m1/s1. The maximum atomic E-state index is 14.1. The summed E-state index contributed by atoms with van der Waals surface area (Å²) in [5, 5.41) is 3.74. The summed E-state index contributed by atoms with van der Waals surface area (Å²) in [7, 11) is -3.44. The lowest BCUT2D eigenvalue weighted by Crippen LogP contribution is -2.43. The second-order valence-corrected chi connectivity index (χ2v) is 13.2. The van der Waals surface area contributed by atoms with Crippen molar-refractivity contribution in [2.75, 3.05) is 11.6 Å². The Morgan fingerprint density at radius 2 is 1.69 bits per heavy atom. The molecule has 2 heterocycles. The summed E-state index contributed by atoms with van der Waals surface area (Å²) in [4.78, 5) is 34.5. The number of nitrogens with zero attached hydrogens (tertiary/aromatic N) is 3. The molecule has 0 fully saturated rings. The Labute approximate surface area is 252 Å². The molecule has 0 bridgehead atoms. The number of aromatic nitrogens is 2. The lowest BCUT2D eigenvalue weighted by Gasteiger charge is -2.37. The highest BCUT2D eigenvalue weighted by Gasteiger charge is 2.35. The number of anilines is 1. The molecule has 0 radical (unpaired) electrons. The average Bonchev–Trinajstić information content (AvgIpc) is 2.93. The Balaban J connectivity index is 1.66. The third-order valence-corrected chi connectivity index (χ3v) is 8.85. The van der Waals surface area contributed by atoms with Crippen LogP contribution in [-0.4, -0.2) is 41.1 Å². The van der Waals surface area contributed by atoms with Gasteiger partial charge in [0.05, 0.1) is 38.9 Å². The quantitative estimate of drug-likeness (QED) is 0.288. The van der Waals surface area contributed by atoms with Crippen LogP contribution in [0.15, 0.2) is 76.4 Å². The van der Waals surface area contributed by atoms with Gasteiger partial charge in [0.15, 0.2) is 9.84 Å². The number of fused-ring (bicyclic) bond motifs is 1. The number of hydrogen-bond acceptors (Lipinski definition) is 6. The molecule has 42 heavy (non-hydrogen) atoms. The lowest BCUT2D eigenvalue weighted by atomic mass is 9.92. The van der Waals surface area contributed by atoms with E-state index in [-0.39, 0.29) is 46.3 Å². The molecule has 1 aliphatic rings. The molecule has 12 heteroatoms. The molecule has 0 saturated carbocycles. The third-order valence-electron chi connectivity index (χ3n) is 6.98. The highest BCUT2D eigenvalue weighted by atomic mass is 35.5. The number of sulfone groups is 1. The summed E-state index contributed by atoms with van der Waals surface area (Å²) < 4.78 is 39.2. The number of rotatable bonds is 6. The van der Waals surface area contributed by atoms with Crippen LogP contribution in [0.5, 0.6) is 0 Å². The Bertz CT molecular complexity index is 1840. The Morgan fingerprint density at radius 1 is 1.02 bits per heavy atom. The number of carbonyl (C=O) groups excluding carboxylic acids is 1. The zero-order valence-corrected chi connectivity index (χ0v) is 25.3. The first-order valence-corrected chi connectivity index (χ1v) is 15.7. The van der Waals surface area contributed by atoms with Gasteiger partial charge in [-0.05, 0) is 74.0 Å². The van der Waals surface area contributed by atoms with Gasteiger partial charge >= 0.3 is 0 Å². The second kappa shape index (κ2) is 11.5. The van der Waals surface area contributed by atoms with E-state index in [0.717, 1.165) is 6.26 Å². The topological polar surface area (TPSA) is 101 Å². The monoisotopic (exact) mass is 628 g/mol. The van der Waals surface area contributed by atoms with Gasteiger partial charge in [0.2, 0.25) is 5.95 Å². The van der Waals surface area contributed by atoms with Crippen LogP contribution in [0.1, 0.15) is 47.1 Å². The zero-order chi connectivity index (χ0) is 30.3. The number of hydrogen-bond donors (Lipinski definition) is 1. The minimum atomic E-state index is -3.44. The van der Waals surface area contributed by atoms with Crippen molar-refractivity contribution in [3.05, 3.63) is 115 Å². The molecule has 1 amide bonds. The molecule has 1 atom stereocenters. The fourth-order valence-corrected chi connectivity index (χ4v) is 5.87. The molecule has 1 aliphatic heterocycles. The fourth-order valence-electron chi connectivity index (χ4n) is 4.94. The van der Waals surface area contributed by atoms with Crippen molar-refractivity contribution in [3.8, 4) is 5.69 Å². The van der Waals surface area contributed by atoms with E-state index < -0.39 is 21.7 Å². The number of carbonyl (C=O) groups is 1. The molecular formula is C30H27Cl2FN4O4S. The first-order valence-electron chi connectivity index (χ1n) is 13.1. The molecule has 4 aromatic rings. The minimum Gasteiger partial charge on any atom is -0.353 e. The van der Waals surface area contributed by atoms with Gasteiger partial charge in [0, 0.05) is 29.8 Å². The van der Waals surface area contributed by atoms with E-state index in [9.17, 15) is 22.4 Å². The van der Waals surface area contributed by atoms with Crippen LogP contribution in [-0.2, 0) is 22.8 Å². The van der Waals surface area contributed by atoms with Gasteiger partial charge in [-0.1, -0.05) is 35.3 Å². The average molecular weight is 630 g/mol. The van der Waals surface area contributed by atoms with E-state index in [1.165, 1.54) is 34.9 Å². The molecule has 8 nitrogen and oxygen atoms in total. The minimum absolute atomic E-state index is 0.00628. The number of halogens is 3. The van der Waals surface area contributed by atoms with Crippen LogP contribution < -0.4 is 10.9 Å². The van der Waals surface area contributed by atoms with E-state index in [4.69, 9.17) is 28.2 Å². The molecule has 1 N–H and O–H groups in total. The first-order chi connectivity index (χ1) is 19.8. The van der Waals surface area contributed by atoms with E-state index in [2.05, 4.69) is 5.32 Å². The summed E-state index contributed by atoms with van der Waals surface area (Å²) in [5.41, 5.74) is 1.83. The van der Waals surface area contributed by atoms with Gasteiger partial charge < -0.3 is 10.2 Å².